The van der Waals surface area contributed by atoms with Crippen molar-refractivity contribution in [2.45, 2.75) is 45.5 Å². The standard InChI is InChI=1S/C26H31ClFN5O6/c1-6-9-32(15(2)3)22-8-7-16(12-29-22)23(34)30-31-24(35)18-10-20(28)21(11-19(18)27)38-13-17-14-39-26(4,5)33(17)25(36)37/h6-8,10-12,15,17H,1,9,13-14H2,2-5H3,(H,30,34)(H,31,35)(H,36,37). The Morgan fingerprint density at radius 3 is 2.62 bits per heavy atom. The zero-order valence-corrected chi connectivity index (χ0v) is 22.8. The average Bonchev–Trinajstić information content (AvgIpc) is 3.19. The third kappa shape index (κ3) is 6.95. The normalized spacial score (nSPS) is 16.1. The van der Waals surface area contributed by atoms with Gasteiger partial charge in [0, 0.05) is 24.8 Å². The summed E-state index contributed by atoms with van der Waals surface area (Å²) >= 11 is 6.18. The summed E-state index contributed by atoms with van der Waals surface area (Å²) in [6, 6.07) is 4.70. The van der Waals surface area contributed by atoms with Crippen molar-refractivity contribution in [2.75, 3.05) is 24.7 Å². The number of pyridine rings is 1. The lowest BCUT2D eigenvalue weighted by Gasteiger charge is -2.30. The minimum absolute atomic E-state index is 0.0674. The first-order valence-corrected chi connectivity index (χ1v) is 12.5. The lowest BCUT2D eigenvalue weighted by atomic mass is 10.2. The van der Waals surface area contributed by atoms with Gasteiger partial charge in [-0.25, -0.2) is 14.2 Å². The molecule has 0 bridgehead atoms. The van der Waals surface area contributed by atoms with E-state index in [1.165, 1.54) is 6.20 Å². The quantitative estimate of drug-likeness (QED) is 0.309. The molecule has 210 valence electrons. The monoisotopic (exact) mass is 563 g/mol. The van der Waals surface area contributed by atoms with Crippen LogP contribution in [0.25, 0.3) is 0 Å². The van der Waals surface area contributed by atoms with E-state index in [0.29, 0.717) is 12.4 Å². The number of carboxylic acid groups (broad SMARTS) is 1. The van der Waals surface area contributed by atoms with E-state index >= 15 is 0 Å². The molecule has 13 heteroatoms. The summed E-state index contributed by atoms with van der Waals surface area (Å²) < 4.78 is 25.7. The van der Waals surface area contributed by atoms with Gasteiger partial charge in [0.05, 0.1) is 28.8 Å². The number of hydrogen-bond acceptors (Lipinski definition) is 7. The first-order valence-electron chi connectivity index (χ1n) is 12.1. The Morgan fingerprint density at radius 1 is 1.33 bits per heavy atom. The lowest BCUT2D eigenvalue weighted by Crippen LogP contribution is -2.49. The van der Waals surface area contributed by atoms with Crippen LogP contribution in [0.2, 0.25) is 5.02 Å². The maximum atomic E-state index is 14.7. The topological polar surface area (TPSA) is 133 Å². The van der Waals surface area contributed by atoms with Gasteiger partial charge < -0.3 is 19.5 Å². The van der Waals surface area contributed by atoms with Crippen molar-refractivity contribution in [3.63, 3.8) is 0 Å². The van der Waals surface area contributed by atoms with Gasteiger partial charge in [0.2, 0.25) is 0 Å². The van der Waals surface area contributed by atoms with E-state index < -0.39 is 35.5 Å². The van der Waals surface area contributed by atoms with E-state index in [9.17, 15) is 23.9 Å². The summed E-state index contributed by atoms with van der Waals surface area (Å²) in [7, 11) is 0. The highest BCUT2D eigenvalue weighted by molar-refractivity contribution is 6.34. The number of halogens is 2. The third-order valence-corrected chi connectivity index (χ3v) is 6.33. The Morgan fingerprint density at radius 2 is 2.03 bits per heavy atom. The Balaban J connectivity index is 1.61. The highest BCUT2D eigenvalue weighted by atomic mass is 35.5. The number of benzene rings is 1. The molecule has 1 aliphatic heterocycles. The van der Waals surface area contributed by atoms with Gasteiger partial charge in [0.15, 0.2) is 11.6 Å². The number of rotatable bonds is 9. The Kier molecular flexibility index (Phi) is 9.36. The van der Waals surface area contributed by atoms with Crippen LogP contribution < -0.4 is 20.5 Å². The van der Waals surface area contributed by atoms with Crippen LogP contribution in [0, 0.1) is 5.82 Å². The Hall–Kier alpha value is -3.90. The number of nitrogens with one attached hydrogen (secondary N) is 2. The fourth-order valence-electron chi connectivity index (χ4n) is 4.04. The largest absolute Gasteiger partial charge is 0.488 e. The highest BCUT2D eigenvalue weighted by Gasteiger charge is 2.44. The van der Waals surface area contributed by atoms with Crippen molar-refractivity contribution in [1.82, 2.24) is 20.7 Å². The van der Waals surface area contributed by atoms with E-state index in [1.807, 2.05) is 18.7 Å². The predicted octanol–water partition coefficient (Wildman–Crippen LogP) is 3.84. The molecule has 1 aromatic carbocycles. The summed E-state index contributed by atoms with van der Waals surface area (Å²) in [5, 5.41) is 9.32. The fraction of sp³-hybridized carbons (Fsp3) is 0.385. The Labute approximate surface area is 230 Å². The van der Waals surface area contributed by atoms with Crippen molar-refractivity contribution >= 4 is 35.3 Å². The highest BCUT2D eigenvalue weighted by Crippen LogP contribution is 2.30. The molecule has 2 aromatic rings. The molecule has 1 fully saturated rings. The zero-order valence-electron chi connectivity index (χ0n) is 22.0. The number of carbonyl (C=O) groups is 3. The van der Waals surface area contributed by atoms with Gasteiger partial charge in [-0.3, -0.25) is 25.3 Å². The van der Waals surface area contributed by atoms with E-state index in [4.69, 9.17) is 21.1 Å². The smallest absolute Gasteiger partial charge is 0.410 e. The third-order valence-electron chi connectivity index (χ3n) is 6.02. The molecule has 1 atom stereocenters. The molecule has 1 unspecified atom stereocenters. The van der Waals surface area contributed by atoms with Crippen molar-refractivity contribution in [3.8, 4) is 5.75 Å². The van der Waals surface area contributed by atoms with Crippen LogP contribution in [0.3, 0.4) is 0 Å². The molecule has 39 heavy (non-hydrogen) atoms. The van der Waals surface area contributed by atoms with Crippen LogP contribution in [0.1, 0.15) is 48.4 Å². The van der Waals surface area contributed by atoms with Crippen LogP contribution in [0.15, 0.2) is 43.1 Å². The van der Waals surface area contributed by atoms with Gasteiger partial charge in [0.25, 0.3) is 11.8 Å². The molecule has 2 heterocycles. The minimum atomic E-state index is -1.20. The molecular weight excluding hydrogens is 533 g/mol. The average molecular weight is 564 g/mol. The zero-order chi connectivity index (χ0) is 28.9. The molecule has 1 aliphatic rings. The molecule has 3 amide bonds. The fourth-order valence-corrected chi connectivity index (χ4v) is 4.28. The number of hydrogen-bond donors (Lipinski definition) is 3. The van der Waals surface area contributed by atoms with E-state index in [1.54, 1.807) is 32.1 Å². The van der Waals surface area contributed by atoms with Crippen LogP contribution in [-0.2, 0) is 4.74 Å². The molecule has 3 rings (SSSR count). The van der Waals surface area contributed by atoms with Crippen LogP contribution in [0.4, 0.5) is 15.0 Å². The molecule has 3 N–H and O–H groups in total. The van der Waals surface area contributed by atoms with Crippen LogP contribution in [-0.4, -0.2) is 70.5 Å². The van der Waals surface area contributed by atoms with Gasteiger partial charge in [-0.1, -0.05) is 17.7 Å². The molecule has 0 spiro atoms. The second-order valence-electron chi connectivity index (χ2n) is 9.49. The van der Waals surface area contributed by atoms with Crippen molar-refractivity contribution in [2.24, 2.45) is 0 Å². The molecule has 0 saturated carbocycles. The summed E-state index contributed by atoms with van der Waals surface area (Å²) in [4.78, 5) is 44.0. The van der Waals surface area contributed by atoms with Gasteiger partial charge in [0.1, 0.15) is 18.1 Å². The molecule has 11 nitrogen and oxygen atoms in total. The second-order valence-corrected chi connectivity index (χ2v) is 9.89. The molecule has 1 aromatic heterocycles. The van der Waals surface area contributed by atoms with Crippen molar-refractivity contribution in [1.29, 1.82) is 0 Å². The number of hydrazine groups is 1. The molecular formula is C26H31ClFN5O6. The van der Waals surface area contributed by atoms with Crippen LogP contribution in [0.5, 0.6) is 5.75 Å². The maximum Gasteiger partial charge on any atom is 0.410 e. The summed E-state index contributed by atoms with van der Waals surface area (Å²) in [5.74, 6) is -2.00. The van der Waals surface area contributed by atoms with E-state index in [0.717, 1.165) is 17.0 Å². The number of aromatic nitrogens is 1. The lowest BCUT2D eigenvalue weighted by molar-refractivity contribution is -0.0430. The molecule has 0 radical (unpaired) electrons. The number of amides is 3. The van der Waals surface area contributed by atoms with Crippen molar-refractivity contribution < 1.29 is 33.4 Å². The van der Waals surface area contributed by atoms with Crippen LogP contribution >= 0.6 is 11.6 Å². The predicted molar refractivity (Wildman–Crippen MR) is 142 cm³/mol. The molecule has 1 saturated heterocycles. The first kappa shape index (κ1) is 29.7. The molecule has 0 aliphatic carbocycles. The number of ether oxygens (including phenoxy) is 2. The summed E-state index contributed by atoms with van der Waals surface area (Å²) in [6.07, 6.45) is 1.93. The van der Waals surface area contributed by atoms with Gasteiger partial charge in [-0.2, -0.15) is 0 Å². The van der Waals surface area contributed by atoms with Crippen molar-refractivity contribution in [3.05, 3.63) is 65.1 Å². The maximum absolute atomic E-state index is 14.7. The van der Waals surface area contributed by atoms with E-state index in [2.05, 4.69) is 22.4 Å². The van der Waals surface area contributed by atoms with Gasteiger partial charge in [-0.05, 0) is 45.9 Å². The number of carbonyl (C=O) groups excluding carboxylic acids is 2. The van der Waals surface area contributed by atoms with E-state index in [-0.39, 0.29) is 41.2 Å². The minimum Gasteiger partial charge on any atom is -0.488 e. The summed E-state index contributed by atoms with van der Waals surface area (Å²) in [6.45, 7) is 11.4. The van der Waals surface area contributed by atoms with Gasteiger partial charge >= 0.3 is 6.09 Å². The van der Waals surface area contributed by atoms with Gasteiger partial charge in [-0.15, -0.1) is 6.58 Å². The number of anilines is 1. The second kappa shape index (κ2) is 12.3. The summed E-state index contributed by atoms with van der Waals surface area (Å²) in [5.41, 5.74) is 3.33. The Bertz CT molecular complexity index is 1240. The SMILES string of the molecule is C=CCN(c1ccc(C(=O)NNC(=O)c2cc(F)c(OCC3COC(C)(C)N3C(=O)O)cc2Cl)cn1)C(C)C. The first-order chi connectivity index (χ1) is 18.4. The number of nitrogens with zero attached hydrogens (tertiary/aromatic N) is 3.